The van der Waals surface area contributed by atoms with E-state index in [1.807, 2.05) is 0 Å². The molecule has 0 heterocycles. The zero-order valence-corrected chi connectivity index (χ0v) is 10.7. The summed E-state index contributed by atoms with van der Waals surface area (Å²) in [6.07, 6.45) is 0. The molecule has 20 heavy (non-hydrogen) atoms. The zero-order chi connectivity index (χ0) is 14.7. The second kappa shape index (κ2) is 5.69. The number of carbonyl (C=O) groups is 1. The minimum atomic E-state index is -1.28. The molecule has 0 amide bonds. The van der Waals surface area contributed by atoms with E-state index >= 15 is 0 Å². The smallest absolute Gasteiger partial charge is 0.339 e. The van der Waals surface area contributed by atoms with Crippen LogP contribution in [0, 0.1) is 18.6 Å². The van der Waals surface area contributed by atoms with Gasteiger partial charge in [0, 0.05) is 0 Å². The zero-order valence-electron chi connectivity index (χ0n) is 10.7. The first kappa shape index (κ1) is 14.0. The van der Waals surface area contributed by atoms with Gasteiger partial charge < -0.3 is 9.84 Å². The van der Waals surface area contributed by atoms with Crippen molar-refractivity contribution in [2.75, 3.05) is 0 Å². The third kappa shape index (κ3) is 3.12. The largest absolute Gasteiger partial charge is 0.488 e. The lowest BCUT2D eigenvalue weighted by Crippen LogP contribution is -2.05. The Morgan fingerprint density at radius 3 is 2.50 bits per heavy atom. The van der Waals surface area contributed by atoms with Crippen LogP contribution in [0.4, 0.5) is 8.78 Å². The Bertz CT molecular complexity index is 654. The number of halogens is 2. The summed E-state index contributed by atoms with van der Waals surface area (Å²) < 4.78 is 31.5. The van der Waals surface area contributed by atoms with Gasteiger partial charge in [-0.05, 0) is 48.4 Å². The Labute approximate surface area is 114 Å². The summed E-state index contributed by atoms with van der Waals surface area (Å²) in [5.74, 6) is -2.29. The number of ether oxygens (including phenoxy) is 1. The molecule has 0 aromatic heterocycles. The van der Waals surface area contributed by atoms with Crippen molar-refractivity contribution in [3.63, 3.8) is 0 Å². The molecule has 2 aromatic rings. The normalized spacial score (nSPS) is 10.3. The molecule has 0 fully saturated rings. The fourth-order valence-corrected chi connectivity index (χ4v) is 1.75. The second-order valence-electron chi connectivity index (χ2n) is 4.31. The maximum atomic E-state index is 13.1. The van der Waals surface area contributed by atoms with E-state index < -0.39 is 17.6 Å². The van der Waals surface area contributed by atoms with Crippen LogP contribution in [-0.4, -0.2) is 11.1 Å². The average molecular weight is 278 g/mol. The molecule has 0 unspecified atom stereocenters. The predicted octanol–water partition coefficient (Wildman–Crippen LogP) is 3.55. The van der Waals surface area contributed by atoms with E-state index in [1.54, 1.807) is 13.0 Å². The van der Waals surface area contributed by atoms with Crippen LogP contribution in [0.3, 0.4) is 0 Å². The van der Waals surface area contributed by atoms with Gasteiger partial charge in [0.2, 0.25) is 0 Å². The van der Waals surface area contributed by atoms with Crippen molar-refractivity contribution in [2.24, 2.45) is 0 Å². The predicted molar refractivity (Wildman–Crippen MR) is 68.8 cm³/mol. The first-order chi connectivity index (χ1) is 9.47. The quantitative estimate of drug-likeness (QED) is 0.930. The summed E-state index contributed by atoms with van der Waals surface area (Å²) in [7, 11) is 0. The molecule has 0 aliphatic rings. The molecular weight excluding hydrogens is 266 g/mol. The van der Waals surface area contributed by atoms with E-state index in [1.165, 1.54) is 18.2 Å². The molecule has 0 saturated carbocycles. The minimum Gasteiger partial charge on any atom is -0.488 e. The maximum absolute atomic E-state index is 13.1. The molecule has 0 bridgehead atoms. The molecule has 2 rings (SSSR count). The van der Waals surface area contributed by atoms with Crippen LogP contribution in [0.2, 0.25) is 0 Å². The van der Waals surface area contributed by atoms with Crippen LogP contribution < -0.4 is 4.74 Å². The van der Waals surface area contributed by atoms with Crippen molar-refractivity contribution >= 4 is 5.97 Å². The molecule has 0 aliphatic carbocycles. The molecule has 0 atom stereocenters. The maximum Gasteiger partial charge on any atom is 0.339 e. The topological polar surface area (TPSA) is 46.5 Å². The van der Waals surface area contributed by atoms with Crippen LogP contribution >= 0.6 is 0 Å². The standard InChI is InChI=1S/C15H12F2O3/c1-9-2-3-11(16)6-10(9)8-20-14-5-4-12(17)7-13(14)15(18)19/h2-7H,8H2,1H3,(H,18,19). The van der Waals surface area contributed by atoms with E-state index in [2.05, 4.69) is 0 Å². The first-order valence-electron chi connectivity index (χ1n) is 5.88. The number of aryl methyl sites for hydroxylation is 1. The Balaban J connectivity index is 2.23. The summed E-state index contributed by atoms with van der Waals surface area (Å²) in [5.41, 5.74) is 1.16. The number of rotatable bonds is 4. The van der Waals surface area contributed by atoms with E-state index in [0.717, 1.165) is 17.7 Å². The van der Waals surface area contributed by atoms with Gasteiger partial charge in [-0.25, -0.2) is 13.6 Å². The van der Waals surface area contributed by atoms with Crippen LogP contribution in [0.1, 0.15) is 21.5 Å². The molecule has 0 saturated heterocycles. The molecule has 2 aromatic carbocycles. The molecule has 0 spiro atoms. The van der Waals surface area contributed by atoms with Crippen molar-refractivity contribution in [3.05, 3.63) is 64.7 Å². The van der Waals surface area contributed by atoms with Crippen LogP contribution in [0.15, 0.2) is 36.4 Å². The lowest BCUT2D eigenvalue weighted by atomic mass is 10.1. The average Bonchev–Trinajstić information content (AvgIpc) is 2.40. The highest BCUT2D eigenvalue weighted by Crippen LogP contribution is 2.22. The van der Waals surface area contributed by atoms with Gasteiger partial charge in [0.1, 0.15) is 29.6 Å². The molecule has 0 radical (unpaired) electrons. The van der Waals surface area contributed by atoms with Gasteiger partial charge in [-0.15, -0.1) is 0 Å². The number of hydrogen-bond acceptors (Lipinski definition) is 2. The highest BCUT2D eigenvalue weighted by molar-refractivity contribution is 5.90. The third-order valence-corrected chi connectivity index (χ3v) is 2.87. The van der Waals surface area contributed by atoms with Crippen LogP contribution in [-0.2, 0) is 6.61 Å². The Hall–Kier alpha value is -2.43. The Kier molecular flexibility index (Phi) is 3.98. The van der Waals surface area contributed by atoms with E-state index in [-0.39, 0.29) is 17.9 Å². The van der Waals surface area contributed by atoms with Crippen LogP contribution in [0.5, 0.6) is 5.75 Å². The molecule has 0 aliphatic heterocycles. The summed E-state index contributed by atoms with van der Waals surface area (Å²) in [4.78, 5) is 11.0. The van der Waals surface area contributed by atoms with Gasteiger partial charge in [0.25, 0.3) is 0 Å². The Morgan fingerprint density at radius 2 is 1.80 bits per heavy atom. The van der Waals surface area contributed by atoms with Gasteiger partial charge in [0.05, 0.1) is 0 Å². The van der Waals surface area contributed by atoms with Gasteiger partial charge in [-0.3, -0.25) is 0 Å². The number of benzene rings is 2. The summed E-state index contributed by atoms with van der Waals surface area (Å²) in [6.45, 7) is 1.80. The number of carboxylic acid groups (broad SMARTS) is 1. The number of hydrogen-bond donors (Lipinski definition) is 1. The lowest BCUT2D eigenvalue weighted by molar-refractivity contribution is 0.0691. The van der Waals surface area contributed by atoms with Crippen LogP contribution in [0.25, 0.3) is 0 Å². The fraction of sp³-hybridized carbons (Fsp3) is 0.133. The molecule has 104 valence electrons. The van der Waals surface area contributed by atoms with Gasteiger partial charge in [-0.2, -0.15) is 0 Å². The van der Waals surface area contributed by atoms with Gasteiger partial charge in [0.15, 0.2) is 0 Å². The Morgan fingerprint density at radius 1 is 1.15 bits per heavy atom. The number of aromatic carboxylic acids is 1. The van der Waals surface area contributed by atoms with Crippen molar-refractivity contribution in [1.29, 1.82) is 0 Å². The van der Waals surface area contributed by atoms with E-state index in [4.69, 9.17) is 9.84 Å². The monoisotopic (exact) mass is 278 g/mol. The third-order valence-electron chi connectivity index (χ3n) is 2.87. The first-order valence-corrected chi connectivity index (χ1v) is 5.88. The van der Waals surface area contributed by atoms with Crippen molar-refractivity contribution in [1.82, 2.24) is 0 Å². The van der Waals surface area contributed by atoms with E-state index in [9.17, 15) is 13.6 Å². The highest BCUT2D eigenvalue weighted by Gasteiger charge is 2.13. The van der Waals surface area contributed by atoms with E-state index in [0.29, 0.717) is 5.56 Å². The SMILES string of the molecule is Cc1ccc(F)cc1COc1ccc(F)cc1C(=O)O. The molecular formula is C15H12F2O3. The van der Waals surface area contributed by atoms with Crippen molar-refractivity contribution in [2.45, 2.75) is 13.5 Å². The van der Waals surface area contributed by atoms with Crippen molar-refractivity contribution < 1.29 is 23.4 Å². The lowest BCUT2D eigenvalue weighted by Gasteiger charge is -2.11. The number of carboxylic acids is 1. The van der Waals surface area contributed by atoms with Gasteiger partial charge in [-0.1, -0.05) is 6.07 Å². The summed E-state index contributed by atoms with van der Waals surface area (Å²) in [5, 5.41) is 8.98. The summed E-state index contributed by atoms with van der Waals surface area (Å²) in [6, 6.07) is 7.50. The highest BCUT2D eigenvalue weighted by atomic mass is 19.1. The molecule has 5 heteroatoms. The fourth-order valence-electron chi connectivity index (χ4n) is 1.75. The molecule has 3 nitrogen and oxygen atoms in total. The van der Waals surface area contributed by atoms with Crippen molar-refractivity contribution in [3.8, 4) is 5.75 Å². The minimum absolute atomic E-state index is 0.00943. The summed E-state index contributed by atoms with van der Waals surface area (Å²) >= 11 is 0. The molecule has 1 N–H and O–H groups in total. The van der Waals surface area contributed by atoms with Gasteiger partial charge >= 0.3 is 5.97 Å². The second-order valence-corrected chi connectivity index (χ2v) is 4.31.